The average Bonchev–Trinajstić information content (AvgIpc) is 3.86. The molecule has 11 aromatic rings. The standard InChI is InChI=1S/C46H28N4O/c1-2-11-30(12-3-1)46-47-27-32(28-48-46)50-41-19-8-5-14-35(41)38-26-25-37-34-13-4-7-18-40(34)49(43(37)44(38)50)31-23-21-29(22-24-31)33-16-10-17-39-36-15-6-9-20-42(36)51-45(33)39/h1-28H. The molecule has 0 N–H and O–H groups in total. The maximum absolute atomic E-state index is 6.40. The number of hydrogen-bond donors (Lipinski definition) is 0. The topological polar surface area (TPSA) is 48.8 Å². The van der Waals surface area contributed by atoms with Crippen LogP contribution in [0.4, 0.5) is 0 Å². The van der Waals surface area contributed by atoms with E-state index >= 15 is 0 Å². The molecule has 5 heteroatoms. The highest BCUT2D eigenvalue weighted by Crippen LogP contribution is 2.42. The summed E-state index contributed by atoms with van der Waals surface area (Å²) in [6.45, 7) is 0. The van der Waals surface area contributed by atoms with Crippen molar-refractivity contribution >= 4 is 65.6 Å². The van der Waals surface area contributed by atoms with Gasteiger partial charge in [-0.05, 0) is 35.9 Å². The van der Waals surface area contributed by atoms with Gasteiger partial charge in [-0.25, -0.2) is 9.97 Å². The minimum absolute atomic E-state index is 0.706. The summed E-state index contributed by atoms with van der Waals surface area (Å²) in [6.07, 6.45) is 3.89. The van der Waals surface area contributed by atoms with E-state index in [2.05, 4.69) is 124 Å². The lowest BCUT2D eigenvalue weighted by atomic mass is 10.0. The predicted octanol–water partition coefficient (Wildman–Crippen LogP) is 11.9. The van der Waals surface area contributed by atoms with Crippen LogP contribution in [-0.4, -0.2) is 19.1 Å². The molecule has 7 aromatic carbocycles. The summed E-state index contributed by atoms with van der Waals surface area (Å²) in [5.41, 5.74) is 11.5. The Balaban J connectivity index is 1.16. The Bertz CT molecular complexity index is 3110. The first-order valence-electron chi connectivity index (χ1n) is 17.2. The number of para-hydroxylation sites is 4. The van der Waals surface area contributed by atoms with E-state index in [0.717, 1.165) is 72.1 Å². The third-order valence-electron chi connectivity index (χ3n) is 10.2. The highest BCUT2D eigenvalue weighted by atomic mass is 16.3. The van der Waals surface area contributed by atoms with Crippen molar-refractivity contribution in [3.8, 4) is 33.9 Å². The van der Waals surface area contributed by atoms with Gasteiger partial charge in [-0.1, -0.05) is 127 Å². The number of hydrogen-bond acceptors (Lipinski definition) is 3. The monoisotopic (exact) mass is 652 g/mol. The van der Waals surface area contributed by atoms with Crippen LogP contribution in [0.25, 0.3) is 99.4 Å². The third-order valence-corrected chi connectivity index (χ3v) is 10.2. The number of nitrogens with zero attached hydrogens (tertiary/aromatic N) is 4. The molecule has 0 saturated carbocycles. The number of rotatable bonds is 4. The molecule has 0 bridgehead atoms. The van der Waals surface area contributed by atoms with E-state index in [0.29, 0.717) is 5.82 Å². The van der Waals surface area contributed by atoms with E-state index in [-0.39, 0.29) is 0 Å². The molecular weight excluding hydrogens is 625 g/mol. The fraction of sp³-hybridized carbons (Fsp3) is 0. The molecule has 0 saturated heterocycles. The summed E-state index contributed by atoms with van der Waals surface area (Å²) in [5.74, 6) is 0.706. The fourth-order valence-corrected chi connectivity index (χ4v) is 7.97. The van der Waals surface area contributed by atoms with Crippen LogP contribution in [0, 0.1) is 0 Å². The second kappa shape index (κ2) is 10.8. The van der Waals surface area contributed by atoms with Crippen molar-refractivity contribution in [2.75, 3.05) is 0 Å². The Morgan fingerprint density at radius 2 is 0.961 bits per heavy atom. The van der Waals surface area contributed by atoms with Gasteiger partial charge in [0.15, 0.2) is 5.82 Å². The van der Waals surface area contributed by atoms with Crippen LogP contribution >= 0.6 is 0 Å². The fourth-order valence-electron chi connectivity index (χ4n) is 7.97. The Hall–Kier alpha value is -6.98. The summed E-state index contributed by atoms with van der Waals surface area (Å²) >= 11 is 0. The normalized spacial score (nSPS) is 11.9. The molecule has 0 spiro atoms. The average molecular weight is 653 g/mol. The highest BCUT2D eigenvalue weighted by Gasteiger charge is 2.22. The van der Waals surface area contributed by atoms with Crippen molar-refractivity contribution in [3.63, 3.8) is 0 Å². The lowest BCUT2D eigenvalue weighted by Crippen LogP contribution is -2.00. The van der Waals surface area contributed by atoms with Crippen molar-refractivity contribution in [2.24, 2.45) is 0 Å². The van der Waals surface area contributed by atoms with Crippen molar-refractivity contribution < 1.29 is 4.42 Å². The Morgan fingerprint density at radius 3 is 1.65 bits per heavy atom. The second-order valence-electron chi connectivity index (χ2n) is 13.0. The Labute approximate surface area is 292 Å². The number of aromatic nitrogens is 4. The molecule has 0 aliphatic heterocycles. The van der Waals surface area contributed by atoms with Gasteiger partial charge in [0.25, 0.3) is 0 Å². The molecule has 0 aliphatic rings. The van der Waals surface area contributed by atoms with E-state index in [1.54, 1.807) is 0 Å². The Kier molecular flexibility index (Phi) is 5.89. The van der Waals surface area contributed by atoms with Gasteiger partial charge in [0.1, 0.15) is 11.2 Å². The van der Waals surface area contributed by atoms with Gasteiger partial charge >= 0.3 is 0 Å². The van der Waals surface area contributed by atoms with Gasteiger partial charge in [0.05, 0.1) is 40.1 Å². The molecule has 0 fully saturated rings. The van der Waals surface area contributed by atoms with Gasteiger partial charge in [-0.15, -0.1) is 0 Å². The minimum Gasteiger partial charge on any atom is -0.455 e. The molecule has 0 radical (unpaired) electrons. The molecule has 4 heterocycles. The van der Waals surface area contributed by atoms with Crippen LogP contribution in [0.1, 0.15) is 0 Å². The first kappa shape index (κ1) is 27.9. The van der Waals surface area contributed by atoms with Gasteiger partial charge in [0, 0.05) is 49.1 Å². The van der Waals surface area contributed by atoms with Gasteiger partial charge in [-0.3, -0.25) is 0 Å². The van der Waals surface area contributed by atoms with E-state index in [1.807, 2.05) is 54.9 Å². The van der Waals surface area contributed by atoms with Crippen molar-refractivity contribution in [1.82, 2.24) is 19.1 Å². The van der Waals surface area contributed by atoms with Gasteiger partial charge in [-0.2, -0.15) is 0 Å². The number of fused-ring (bicyclic) bond motifs is 10. The number of furan rings is 1. The van der Waals surface area contributed by atoms with Crippen molar-refractivity contribution in [1.29, 1.82) is 0 Å². The van der Waals surface area contributed by atoms with Gasteiger partial charge in [0.2, 0.25) is 0 Å². The first-order chi connectivity index (χ1) is 25.3. The van der Waals surface area contributed by atoms with E-state index in [9.17, 15) is 0 Å². The quantitative estimate of drug-likeness (QED) is 0.190. The third kappa shape index (κ3) is 4.09. The van der Waals surface area contributed by atoms with Crippen LogP contribution in [0.3, 0.4) is 0 Å². The minimum atomic E-state index is 0.706. The van der Waals surface area contributed by atoms with E-state index in [4.69, 9.17) is 14.4 Å². The molecule has 4 aromatic heterocycles. The maximum Gasteiger partial charge on any atom is 0.159 e. The van der Waals surface area contributed by atoms with Crippen LogP contribution < -0.4 is 0 Å². The molecule has 11 rings (SSSR count). The predicted molar refractivity (Wildman–Crippen MR) is 209 cm³/mol. The molecule has 51 heavy (non-hydrogen) atoms. The summed E-state index contributed by atoms with van der Waals surface area (Å²) in [5, 5.41) is 7.04. The second-order valence-corrected chi connectivity index (χ2v) is 13.0. The van der Waals surface area contributed by atoms with E-state index < -0.39 is 0 Å². The van der Waals surface area contributed by atoms with Crippen molar-refractivity contribution in [2.45, 2.75) is 0 Å². The number of benzene rings is 7. The smallest absolute Gasteiger partial charge is 0.159 e. The van der Waals surface area contributed by atoms with E-state index in [1.165, 1.54) is 21.5 Å². The molecule has 238 valence electrons. The van der Waals surface area contributed by atoms with Gasteiger partial charge < -0.3 is 13.6 Å². The summed E-state index contributed by atoms with van der Waals surface area (Å²) in [4.78, 5) is 9.70. The molecule has 5 nitrogen and oxygen atoms in total. The molecule has 0 atom stereocenters. The van der Waals surface area contributed by atoms with Crippen molar-refractivity contribution in [3.05, 3.63) is 170 Å². The zero-order chi connectivity index (χ0) is 33.5. The van der Waals surface area contributed by atoms with Crippen LogP contribution in [0.5, 0.6) is 0 Å². The van der Waals surface area contributed by atoms with Crippen LogP contribution in [-0.2, 0) is 0 Å². The summed E-state index contributed by atoms with van der Waals surface area (Å²) in [7, 11) is 0. The van der Waals surface area contributed by atoms with Crippen LogP contribution in [0.15, 0.2) is 175 Å². The zero-order valence-electron chi connectivity index (χ0n) is 27.4. The largest absolute Gasteiger partial charge is 0.455 e. The maximum atomic E-state index is 6.40. The summed E-state index contributed by atoms with van der Waals surface area (Å²) < 4.78 is 11.1. The molecule has 0 unspecified atom stereocenters. The summed E-state index contributed by atoms with van der Waals surface area (Å²) in [6, 6.07) is 55.5. The lowest BCUT2D eigenvalue weighted by Gasteiger charge is -2.13. The van der Waals surface area contributed by atoms with Crippen LogP contribution in [0.2, 0.25) is 0 Å². The molecule has 0 amide bonds. The lowest BCUT2D eigenvalue weighted by molar-refractivity contribution is 0.670. The highest BCUT2D eigenvalue weighted by molar-refractivity contribution is 6.23. The Morgan fingerprint density at radius 1 is 0.392 bits per heavy atom. The first-order valence-corrected chi connectivity index (χ1v) is 17.2. The molecular formula is C46H28N4O. The zero-order valence-corrected chi connectivity index (χ0v) is 27.4. The SMILES string of the molecule is c1ccc(-c2ncc(-n3c4ccccc4c4ccc5c6ccccc6n(-c6ccc(-c7cccc8c7oc7ccccc78)cc6)c5c43)cn2)cc1. The molecule has 0 aliphatic carbocycles.